The van der Waals surface area contributed by atoms with E-state index in [0.717, 1.165) is 16.9 Å². The molecule has 10 heteroatoms. The van der Waals surface area contributed by atoms with E-state index in [4.69, 9.17) is 0 Å². The number of halogens is 3. The van der Waals surface area contributed by atoms with Gasteiger partial charge in [0.25, 0.3) is 5.91 Å². The number of amides is 2. The average molecular weight is 394 g/mol. The van der Waals surface area contributed by atoms with Crippen molar-refractivity contribution in [3.05, 3.63) is 64.6 Å². The number of thiophene rings is 1. The molecule has 140 valence electrons. The van der Waals surface area contributed by atoms with Crippen LogP contribution in [-0.4, -0.2) is 21.6 Å². The summed E-state index contributed by atoms with van der Waals surface area (Å²) in [4.78, 5) is 24.6. The Morgan fingerprint density at radius 1 is 1.07 bits per heavy atom. The fraction of sp³-hybridized carbons (Fsp3) is 0.118. The Morgan fingerprint density at radius 3 is 2.44 bits per heavy atom. The molecule has 3 rings (SSSR count). The van der Waals surface area contributed by atoms with Crippen molar-refractivity contribution >= 4 is 34.5 Å². The third kappa shape index (κ3) is 4.94. The fourth-order valence-corrected chi connectivity index (χ4v) is 2.84. The minimum absolute atomic E-state index is 0.273. The minimum atomic E-state index is -4.56. The zero-order valence-electron chi connectivity index (χ0n) is 13.7. The molecule has 3 aromatic rings. The van der Waals surface area contributed by atoms with Crippen LogP contribution in [0.1, 0.15) is 15.4 Å². The molecular weight excluding hydrogens is 381 g/mol. The fourth-order valence-electron chi connectivity index (χ4n) is 2.22. The number of carbonyl (C=O) groups is 2. The van der Waals surface area contributed by atoms with Gasteiger partial charge in [-0.25, -0.2) is 0 Å². The third-order valence-electron chi connectivity index (χ3n) is 3.39. The molecule has 0 aliphatic heterocycles. The summed E-state index contributed by atoms with van der Waals surface area (Å²) in [5, 5.41) is 10.4. The molecule has 6 nitrogen and oxygen atoms in total. The number of nitrogens with zero attached hydrogens (tertiary/aromatic N) is 2. The van der Waals surface area contributed by atoms with E-state index in [1.54, 1.807) is 41.8 Å². The largest absolute Gasteiger partial charge is 0.435 e. The van der Waals surface area contributed by atoms with Crippen LogP contribution in [0.4, 0.5) is 24.5 Å². The molecule has 0 aliphatic rings. The summed E-state index contributed by atoms with van der Waals surface area (Å²) in [6.07, 6.45) is -3.48. The first-order valence-electron chi connectivity index (χ1n) is 7.67. The van der Waals surface area contributed by atoms with Crippen LogP contribution in [0.2, 0.25) is 0 Å². The quantitative estimate of drug-likeness (QED) is 0.690. The van der Waals surface area contributed by atoms with Crippen LogP contribution in [0.3, 0.4) is 0 Å². The van der Waals surface area contributed by atoms with Gasteiger partial charge in [-0.1, -0.05) is 12.1 Å². The maximum absolute atomic E-state index is 12.5. The molecule has 0 saturated carbocycles. The first-order chi connectivity index (χ1) is 12.8. The second-order valence-electron chi connectivity index (χ2n) is 5.46. The van der Waals surface area contributed by atoms with Crippen molar-refractivity contribution in [2.75, 3.05) is 10.6 Å². The molecule has 0 unspecified atom stereocenters. The van der Waals surface area contributed by atoms with E-state index in [1.807, 2.05) is 0 Å². The predicted molar refractivity (Wildman–Crippen MR) is 94.6 cm³/mol. The number of rotatable bonds is 5. The predicted octanol–water partition coefficient (Wildman–Crippen LogP) is 3.85. The maximum atomic E-state index is 12.5. The van der Waals surface area contributed by atoms with Crippen molar-refractivity contribution in [3.8, 4) is 0 Å². The van der Waals surface area contributed by atoms with Crippen molar-refractivity contribution in [1.29, 1.82) is 0 Å². The van der Waals surface area contributed by atoms with Gasteiger partial charge >= 0.3 is 6.18 Å². The van der Waals surface area contributed by atoms with Gasteiger partial charge in [-0.2, -0.15) is 18.3 Å². The molecule has 2 N–H and O–H groups in total. The number of alkyl halides is 3. The Labute approximate surface area is 155 Å². The molecule has 2 aromatic heterocycles. The monoisotopic (exact) mass is 394 g/mol. The first kappa shape index (κ1) is 18.6. The molecule has 0 fully saturated rings. The Hall–Kier alpha value is -3.14. The number of hydrogen-bond donors (Lipinski definition) is 2. The van der Waals surface area contributed by atoms with Crippen molar-refractivity contribution < 1.29 is 22.8 Å². The molecule has 0 spiro atoms. The van der Waals surface area contributed by atoms with Crippen molar-refractivity contribution in [3.63, 3.8) is 0 Å². The molecule has 0 radical (unpaired) electrons. The SMILES string of the molecule is O=C(Cn1ccc(C(F)(F)F)n1)Nc1cccc(NC(=O)c2cccs2)c1. The lowest BCUT2D eigenvalue weighted by molar-refractivity contribution is -0.141. The number of hydrogen-bond acceptors (Lipinski definition) is 4. The van der Waals surface area contributed by atoms with E-state index in [0.29, 0.717) is 16.3 Å². The van der Waals surface area contributed by atoms with Crippen LogP contribution < -0.4 is 10.6 Å². The van der Waals surface area contributed by atoms with Crippen LogP contribution in [0.25, 0.3) is 0 Å². The van der Waals surface area contributed by atoms with Gasteiger partial charge < -0.3 is 10.6 Å². The second-order valence-corrected chi connectivity index (χ2v) is 6.40. The van der Waals surface area contributed by atoms with Crippen LogP contribution >= 0.6 is 11.3 Å². The van der Waals surface area contributed by atoms with E-state index < -0.39 is 17.8 Å². The Kier molecular flexibility index (Phi) is 5.26. The number of aromatic nitrogens is 2. The Balaban J connectivity index is 1.61. The lowest BCUT2D eigenvalue weighted by Crippen LogP contribution is -2.20. The summed E-state index contributed by atoms with van der Waals surface area (Å²) in [5.41, 5.74) is -0.189. The van der Waals surface area contributed by atoms with Crippen LogP contribution in [0.5, 0.6) is 0 Å². The molecule has 0 saturated heterocycles. The first-order valence-corrected chi connectivity index (χ1v) is 8.54. The summed E-state index contributed by atoms with van der Waals surface area (Å²) in [6, 6.07) is 10.7. The number of nitrogens with one attached hydrogen (secondary N) is 2. The molecule has 2 heterocycles. The Bertz CT molecular complexity index is 951. The number of anilines is 2. The molecule has 27 heavy (non-hydrogen) atoms. The molecular formula is C17H13F3N4O2S. The zero-order valence-corrected chi connectivity index (χ0v) is 14.5. The van der Waals surface area contributed by atoms with E-state index in [-0.39, 0.29) is 12.5 Å². The summed E-state index contributed by atoms with van der Waals surface area (Å²) < 4.78 is 38.5. The van der Waals surface area contributed by atoms with Gasteiger partial charge in [0.2, 0.25) is 5.91 Å². The average Bonchev–Trinajstić information content (AvgIpc) is 3.26. The maximum Gasteiger partial charge on any atom is 0.435 e. The van der Waals surface area contributed by atoms with Gasteiger partial charge in [0.05, 0.1) is 4.88 Å². The number of carbonyl (C=O) groups excluding carboxylic acids is 2. The van der Waals surface area contributed by atoms with Gasteiger partial charge in [0, 0.05) is 17.6 Å². The third-order valence-corrected chi connectivity index (χ3v) is 4.25. The van der Waals surface area contributed by atoms with Gasteiger partial charge in [-0.15, -0.1) is 11.3 Å². The second kappa shape index (κ2) is 7.62. The summed E-state index contributed by atoms with van der Waals surface area (Å²) in [6.45, 7) is -0.373. The van der Waals surface area contributed by atoms with Crippen molar-refractivity contribution in [1.82, 2.24) is 9.78 Å². The molecule has 0 atom stereocenters. The summed E-state index contributed by atoms with van der Waals surface area (Å²) in [7, 11) is 0. The standard InChI is InChI=1S/C17H13F3N4O2S/c18-17(19,20)14-6-7-24(23-14)10-15(25)21-11-3-1-4-12(9-11)22-16(26)13-5-2-8-27-13/h1-9H,10H2,(H,21,25)(H,22,26). The molecule has 2 amide bonds. The highest BCUT2D eigenvalue weighted by molar-refractivity contribution is 7.12. The summed E-state index contributed by atoms with van der Waals surface area (Å²) in [5.74, 6) is -0.821. The van der Waals surface area contributed by atoms with Gasteiger partial charge in [-0.05, 0) is 35.7 Å². The lowest BCUT2D eigenvalue weighted by atomic mass is 10.2. The van der Waals surface area contributed by atoms with Gasteiger partial charge in [-0.3, -0.25) is 14.3 Å². The van der Waals surface area contributed by atoms with E-state index in [1.165, 1.54) is 11.3 Å². The van der Waals surface area contributed by atoms with Crippen LogP contribution in [-0.2, 0) is 17.5 Å². The highest BCUT2D eigenvalue weighted by atomic mass is 32.1. The zero-order chi connectivity index (χ0) is 19.4. The molecule has 0 bridgehead atoms. The van der Waals surface area contributed by atoms with Crippen molar-refractivity contribution in [2.24, 2.45) is 0 Å². The smallest absolute Gasteiger partial charge is 0.324 e. The van der Waals surface area contributed by atoms with E-state index in [2.05, 4.69) is 15.7 Å². The van der Waals surface area contributed by atoms with Crippen LogP contribution in [0, 0.1) is 0 Å². The van der Waals surface area contributed by atoms with Gasteiger partial charge in [0.1, 0.15) is 6.54 Å². The summed E-state index contributed by atoms with van der Waals surface area (Å²) >= 11 is 1.30. The van der Waals surface area contributed by atoms with Crippen molar-refractivity contribution in [2.45, 2.75) is 12.7 Å². The lowest BCUT2D eigenvalue weighted by Gasteiger charge is -2.09. The topological polar surface area (TPSA) is 76.0 Å². The number of benzene rings is 1. The Morgan fingerprint density at radius 2 is 1.81 bits per heavy atom. The minimum Gasteiger partial charge on any atom is -0.324 e. The van der Waals surface area contributed by atoms with Gasteiger partial charge in [0.15, 0.2) is 5.69 Å². The van der Waals surface area contributed by atoms with E-state index in [9.17, 15) is 22.8 Å². The van der Waals surface area contributed by atoms with E-state index >= 15 is 0 Å². The highest BCUT2D eigenvalue weighted by Crippen LogP contribution is 2.27. The highest BCUT2D eigenvalue weighted by Gasteiger charge is 2.33. The molecule has 1 aromatic carbocycles. The van der Waals surface area contributed by atoms with Crippen LogP contribution in [0.15, 0.2) is 54.0 Å². The molecule has 0 aliphatic carbocycles. The normalized spacial score (nSPS) is 11.2.